The summed E-state index contributed by atoms with van der Waals surface area (Å²) >= 11 is 0. The molecule has 35 heavy (non-hydrogen) atoms. The van der Waals surface area contributed by atoms with Gasteiger partial charge in [-0.25, -0.2) is 4.79 Å². The topological polar surface area (TPSA) is 123 Å². The van der Waals surface area contributed by atoms with Crippen LogP contribution in [0.1, 0.15) is 46.8 Å². The van der Waals surface area contributed by atoms with E-state index < -0.39 is 29.9 Å². The molecule has 2 aliphatic rings. The molecule has 180 valence electrons. The summed E-state index contributed by atoms with van der Waals surface area (Å²) in [6.07, 6.45) is 1.24. The number of hydrogen-bond donors (Lipinski definition) is 3. The number of amides is 2. The van der Waals surface area contributed by atoms with Gasteiger partial charge in [-0.3, -0.25) is 19.6 Å². The van der Waals surface area contributed by atoms with Gasteiger partial charge >= 0.3 is 12.1 Å². The van der Waals surface area contributed by atoms with Gasteiger partial charge < -0.3 is 15.2 Å². The third-order valence-corrected chi connectivity index (χ3v) is 6.84. The fraction of sp³-hybridized carbons (Fsp3) is 0.308. The van der Waals surface area contributed by atoms with E-state index in [-0.39, 0.29) is 24.0 Å². The summed E-state index contributed by atoms with van der Waals surface area (Å²) in [5, 5.41) is 18.9. The molecule has 2 unspecified atom stereocenters. The van der Waals surface area contributed by atoms with E-state index in [0.29, 0.717) is 12.8 Å². The predicted octanol–water partition coefficient (Wildman–Crippen LogP) is 3.76. The predicted molar refractivity (Wildman–Crippen MR) is 128 cm³/mol. The average molecular weight is 475 g/mol. The number of benzene rings is 2. The number of carboxylic acids is 1. The number of anilines is 1. The van der Waals surface area contributed by atoms with Crippen molar-refractivity contribution in [2.45, 2.75) is 31.2 Å². The zero-order valence-corrected chi connectivity index (χ0v) is 19.2. The standard InChI is InChI=1S/C26H26N4O5/c1-30-22(24(31)27-21-12-6-11-19(21)25(32)33)13-23(29-30)28-26(34)35-14-20-17-9-4-2-7-15(17)16-8-3-5-10-18(16)20/h2-5,7-10,13,19-21H,6,11-12,14H2,1H3,(H,27,31)(H,32,33)(H,28,29,34). The number of rotatable bonds is 6. The first-order valence-electron chi connectivity index (χ1n) is 11.6. The quantitative estimate of drug-likeness (QED) is 0.500. The monoisotopic (exact) mass is 474 g/mol. The Kier molecular flexibility index (Phi) is 5.98. The first kappa shape index (κ1) is 22.6. The molecule has 0 bridgehead atoms. The Morgan fingerprint density at radius 2 is 1.71 bits per heavy atom. The minimum absolute atomic E-state index is 0.0631. The van der Waals surface area contributed by atoms with Crippen LogP contribution >= 0.6 is 0 Å². The number of ether oxygens (including phenoxy) is 1. The summed E-state index contributed by atoms with van der Waals surface area (Å²) in [7, 11) is 1.58. The summed E-state index contributed by atoms with van der Waals surface area (Å²) in [4.78, 5) is 36.6. The number of aliphatic carboxylic acids is 1. The first-order chi connectivity index (χ1) is 16.9. The molecule has 2 atom stereocenters. The zero-order chi connectivity index (χ0) is 24.5. The molecule has 0 radical (unpaired) electrons. The fourth-order valence-corrected chi connectivity index (χ4v) is 5.15. The van der Waals surface area contributed by atoms with Crippen molar-refractivity contribution in [1.82, 2.24) is 15.1 Å². The number of nitrogens with one attached hydrogen (secondary N) is 2. The summed E-state index contributed by atoms with van der Waals surface area (Å²) in [6.45, 7) is 0.165. The Hall–Kier alpha value is -4.14. The number of fused-ring (bicyclic) bond motifs is 3. The van der Waals surface area contributed by atoms with Gasteiger partial charge in [0, 0.05) is 25.1 Å². The third-order valence-electron chi connectivity index (χ3n) is 6.84. The second-order valence-electron chi connectivity index (χ2n) is 8.94. The van der Waals surface area contributed by atoms with Crippen LogP contribution in [0.25, 0.3) is 11.1 Å². The number of carboxylic acid groups (broad SMARTS) is 1. The van der Waals surface area contributed by atoms with E-state index in [0.717, 1.165) is 28.7 Å². The van der Waals surface area contributed by atoms with Crippen molar-refractivity contribution in [2.24, 2.45) is 13.0 Å². The van der Waals surface area contributed by atoms with E-state index in [1.54, 1.807) is 7.05 Å². The molecule has 0 saturated heterocycles. The molecule has 3 N–H and O–H groups in total. The number of carbonyl (C=O) groups excluding carboxylic acids is 2. The van der Waals surface area contributed by atoms with Crippen molar-refractivity contribution in [1.29, 1.82) is 0 Å². The normalized spacial score (nSPS) is 18.5. The Bertz CT molecular complexity index is 1250. The number of nitrogens with zero attached hydrogens (tertiary/aromatic N) is 2. The molecule has 2 aromatic carbocycles. The van der Waals surface area contributed by atoms with Crippen LogP contribution in [0.3, 0.4) is 0 Å². The lowest BCUT2D eigenvalue weighted by Crippen LogP contribution is -2.40. The van der Waals surface area contributed by atoms with Crippen molar-refractivity contribution >= 4 is 23.8 Å². The minimum atomic E-state index is -0.907. The largest absolute Gasteiger partial charge is 0.481 e. The van der Waals surface area contributed by atoms with E-state index in [4.69, 9.17) is 4.74 Å². The van der Waals surface area contributed by atoms with Crippen LogP contribution in [0.5, 0.6) is 0 Å². The lowest BCUT2D eigenvalue weighted by atomic mass is 9.98. The Balaban J connectivity index is 1.22. The van der Waals surface area contributed by atoms with Crippen molar-refractivity contribution in [3.05, 3.63) is 71.4 Å². The Labute approximate surface area is 202 Å². The average Bonchev–Trinajstić information content (AvgIpc) is 3.53. The smallest absolute Gasteiger partial charge is 0.412 e. The molecule has 1 fully saturated rings. The van der Waals surface area contributed by atoms with Crippen LogP contribution in [0.15, 0.2) is 54.6 Å². The van der Waals surface area contributed by atoms with Crippen molar-refractivity contribution in [3.63, 3.8) is 0 Å². The molecule has 0 spiro atoms. The van der Waals surface area contributed by atoms with Gasteiger partial charge in [-0.05, 0) is 35.1 Å². The number of hydrogen-bond acceptors (Lipinski definition) is 5. The molecule has 0 aliphatic heterocycles. The van der Waals surface area contributed by atoms with Gasteiger partial charge in [-0.1, -0.05) is 55.0 Å². The lowest BCUT2D eigenvalue weighted by Gasteiger charge is -2.17. The van der Waals surface area contributed by atoms with Gasteiger partial charge in [0.2, 0.25) is 0 Å². The van der Waals surface area contributed by atoms with Gasteiger partial charge in [0.25, 0.3) is 5.91 Å². The summed E-state index contributed by atoms with van der Waals surface area (Å²) in [5.74, 6) is -1.82. The third kappa shape index (κ3) is 4.37. The Morgan fingerprint density at radius 1 is 1.06 bits per heavy atom. The molecule has 1 aromatic heterocycles. The molecule has 1 saturated carbocycles. The van der Waals surface area contributed by atoms with Crippen LogP contribution in [-0.2, 0) is 16.6 Å². The SMILES string of the molecule is Cn1nc(NC(=O)OCC2c3ccccc3-c3ccccc32)cc1C(=O)NC1CCCC1C(=O)O. The molecule has 1 heterocycles. The zero-order valence-electron chi connectivity index (χ0n) is 19.2. The molecule has 5 rings (SSSR count). The van der Waals surface area contributed by atoms with Crippen LogP contribution in [-0.4, -0.2) is 45.5 Å². The fourth-order valence-electron chi connectivity index (χ4n) is 5.15. The van der Waals surface area contributed by atoms with E-state index in [1.165, 1.54) is 10.7 Å². The molecular formula is C26H26N4O5. The van der Waals surface area contributed by atoms with Crippen LogP contribution < -0.4 is 10.6 Å². The van der Waals surface area contributed by atoms with Crippen molar-refractivity contribution in [3.8, 4) is 11.1 Å². The summed E-state index contributed by atoms with van der Waals surface area (Å²) < 4.78 is 6.88. The second kappa shape index (κ2) is 9.25. The Morgan fingerprint density at radius 3 is 2.37 bits per heavy atom. The molecule has 2 aliphatic carbocycles. The maximum Gasteiger partial charge on any atom is 0.412 e. The van der Waals surface area contributed by atoms with Gasteiger partial charge in [-0.2, -0.15) is 5.10 Å². The lowest BCUT2D eigenvalue weighted by molar-refractivity contribution is -0.142. The van der Waals surface area contributed by atoms with Crippen molar-refractivity contribution in [2.75, 3.05) is 11.9 Å². The molecular weight excluding hydrogens is 448 g/mol. The van der Waals surface area contributed by atoms with Crippen LogP contribution in [0, 0.1) is 5.92 Å². The van der Waals surface area contributed by atoms with Gasteiger partial charge in [0.05, 0.1) is 5.92 Å². The van der Waals surface area contributed by atoms with E-state index in [1.807, 2.05) is 36.4 Å². The van der Waals surface area contributed by atoms with E-state index in [2.05, 4.69) is 27.9 Å². The number of carbonyl (C=O) groups is 3. The number of aryl methyl sites for hydroxylation is 1. The van der Waals surface area contributed by atoms with E-state index in [9.17, 15) is 19.5 Å². The molecule has 9 heteroatoms. The van der Waals surface area contributed by atoms with Crippen LogP contribution in [0.2, 0.25) is 0 Å². The maximum atomic E-state index is 12.7. The summed E-state index contributed by atoms with van der Waals surface area (Å²) in [6, 6.07) is 17.2. The highest BCUT2D eigenvalue weighted by Gasteiger charge is 2.34. The number of aromatic nitrogens is 2. The van der Waals surface area contributed by atoms with Gasteiger partial charge in [0.1, 0.15) is 12.3 Å². The van der Waals surface area contributed by atoms with E-state index >= 15 is 0 Å². The van der Waals surface area contributed by atoms with Crippen LogP contribution in [0.4, 0.5) is 10.6 Å². The molecule has 2 amide bonds. The highest BCUT2D eigenvalue weighted by Crippen LogP contribution is 2.44. The second-order valence-corrected chi connectivity index (χ2v) is 8.94. The minimum Gasteiger partial charge on any atom is -0.481 e. The van der Waals surface area contributed by atoms with Gasteiger partial charge in [-0.15, -0.1) is 0 Å². The molecule has 9 nitrogen and oxygen atoms in total. The highest BCUT2D eigenvalue weighted by atomic mass is 16.5. The molecule has 3 aromatic rings. The van der Waals surface area contributed by atoms with Gasteiger partial charge in [0.15, 0.2) is 5.82 Å². The highest BCUT2D eigenvalue weighted by molar-refractivity contribution is 5.95. The summed E-state index contributed by atoms with van der Waals surface area (Å²) in [5.41, 5.74) is 4.74. The first-order valence-corrected chi connectivity index (χ1v) is 11.6. The maximum absolute atomic E-state index is 12.7. The van der Waals surface area contributed by atoms with Crippen molar-refractivity contribution < 1.29 is 24.2 Å².